The molecular weight excluding hydrogens is 326 g/mol. The molecular formula is C17H17N3O3S. The van der Waals surface area contributed by atoms with Gasteiger partial charge in [0.05, 0.1) is 11.5 Å². The maximum atomic E-state index is 12.9. The Hall–Kier alpha value is -2.41. The lowest BCUT2D eigenvalue weighted by atomic mass is 9.71. The molecule has 0 radical (unpaired) electrons. The van der Waals surface area contributed by atoms with Gasteiger partial charge in [0, 0.05) is 23.3 Å². The zero-order chi connectivity index (χ0) is 17.1. The molecule has 24 heavy (non-hydrogen) atoms. The lowest BCUT2D eigenvalue weighted by Gasteiger charge is -2.37. The Morgan fingerprint density at radius 2 is 2.25 bits per heavy atom. The number of hydrogen-bond donors (Lipinski definition) is 2. The summed E-state index contributed by atoms with van der Waals surface area (Å²) in [6.45, 7) is 4.09. The van der Waals surface area contributed by atoms with Gasteiger partial charge in [-0.05, 0) is 16.9 Å². The molecule has 0 saturated heterocycles. The average molecular weight is 343 g/mol. The molecule has 124 valence electrons. The molecule has 4 rings (SSSR count). The van der Waals surface area contributed by atoms with Gasteiger partial charge >= 0.3 is 0 Å². The van der Waals surface area contributed by atoms with Crippen molar-refractivity contribution >= 4 is 17.1 Å². The van der Waals surface area contributed by atoms with Gasteiger partial charge in [-0.25, -0.2) is 0 Å². The Balaban J connectivity index is 2.00. The number of Topliss-reactive ketones (excluding diaryl/α,β-unsaturated/α-hetero) is 1. The molecule has 0 spiro atoms. The number of carbonyl (C=O) groups is 1. The molecule has 2 aliphatic rings. The third-order valence-electron chi connectivity index (χ3n) is 4.50. The lowest BCUT2D eigenvalue weighted by Crippen LogP contribution is -2.36. The molecule has 1 aliphatic carbocycles. The first kappa shape index (κ1) is 15.1. The first-order valence-corrected chi connectivity index (χ1v) is 8.58. The second kappa shape index (κ2) is 5.04. The highest BCUT2D eigenvalue weighted by Gasteiger charge is 2.43. The topological polar surface area (TPSA) is 88.2 Å². The summed E-state index contributed by atoms with van der Waals surface area (Å²) in [5.41, 5.74) is 0.769. The fourth-order valence-electron chi connectivity index (χ4n) is 3.49. The zero-order valence-corrected chi connectivity index (χ0v) is 14.2. The van der Waals surface area contributed by atoms with Crippen molar-refractivity contribution in [1.82, 2.24) is 9.71 Å². The number of ketones is 1. The van der Waals surface area contributed by atoms with Gasteiger partial charge in [-0.3, -0.25) is 10.2 Å². The first-order chi connectivity index (χ1) is 11.4. The first-order valence-electron chi connectivity index (χ1n) is 7.70. The van der Waals surface area contributed by atoms with Crippen LogP contribution >= 0.6 is 11.3 Å². The van der Waals surface area contributed by atoms with Crippen molar-refractivity contribution in [3.05, 3.63) is 51.1 Å². The summed E-state index contributed by atoms with van der Waals surface area (Å²) in [5, 5.41) is 20.0. The van der Waals surface area contributed by atoms with E-state index in [0.29, 0.717) is 40.3 Å². The SMILES string of the molecule is CC1(C)CC(=O)C2=C(C1)Oc1ncn(O)c(=N)c1C2c1cccs1. The van der Waals surface area contributed by atoms with Gasteiger partial charge in [-0.2, -0.15) is 9.71 Å². The minimum atomic E-state index is -0.410. The fourth-order valence-corrected chi connectivity index (χ4v) is 4.34. The molecule has 2 aromatic rings. The van der Waals surface area contributed by atoms with E-state index in [9.17, 15) is 10.0 Å². The quantitative estimate of drug-likeness (QED) is 0.779. The number of hydrogen-bond acceptors (Lipinski definition) is 6. The summed E-state index contributed by atoms with van der Waals surface area (Å²) in [6.07, 6.45) is 2.24. The van der Waals surface area contributed by atoms with Crippen molar-refractivity contribution in [3.8, 4) is 5.88 Å². The molecule has 0 bridgehead atoms. The third-order valence-corrected chi connectivity index (χ3v) is 5.44. The van der Waals surface area contributed by atoms with E-state index in [1.165, 1.54) is 11.3 Å². The molecule has 1 atom stereocenters. The van der Waals surface area contributed by atoms with Crippen LogP contribution in [0, 0.1) is 10.8 Å². The predicted octanol–water partition coefficient (Wildman–Crippen LogP) is 2.83. The summed E-state index contributed by atoms with van der Waals surface area (Å²) in [5.74, 6) is 0.572. The number of nitrogens with one attached hydrogen (secondary N) is 1. The molecule has 6 nitrogen and oxygen atoms in total. The van der Waals surface area contributed by atoms with Crippen molar-refractivity contribution in [2.24, 2.45) is 5.41 Å². The Kier molecular flexibility index (Phi) is 3.18. The molecule has 0 amide bonds. The van der Waals surface area contributed by atoms with Crippen LogP contribution in [0.25, 0.3) is 0 Å². The van der Waals surface area contributed by atoms with Crippen LogP contribution in [-0.4, -0.2) is 20.7 Å². The van der Waals surface area contributed by atoms with Crippen molar-refractivity contribution in [2.45, 2.75) is 32.6 Å². The number of aromatic nitrogens is 2. The molecule has 0 fully saturated rings. The van der Waals surface area contributed by atoms with Crippen LogP contribution in [-0.2, 0) is 4.79 Å². The van der Waals surface area contributed by atoms with Crippen molar-refractivity contribution in [1.29, 1.82) is 5.41 Å². The minimum Gasteiger partial charge on any atom is -0.442 e. The number of carbonyl (C=O) groups excluding carboxylic acids is 1. The summed E-state index contributed by atoms with van der Waals surface area (Å²) in [7, 11) is 0. The number of thiophene rings is 1. The molecule has 0 saturated carbocycles. The second-order valence-electron chi connectivity index (χ2n) is 6.98. The van der Waals surface area contributed by atoms with E-state index >= 15 is 0 Å². The Bertz CT molecular complexity index is 925. The number of ether oxygens (including phenoxy) is 1. The molecule has 2 N–H and O–H groups in total. The van der Waals surface area contributed by atoms with E-state index in [1.54, 1.807) is 0 Å². The van der Waals surface area contributed by atoms with E-state index in [2.05, 4.69) is 4.98 Å². The van der Waals surface area contributed by atoms with Gasteiger partial charge in [0.25, 0.3) is 0 Å². The standard InChI is InChI=1S/C17H17N3O3S/c1-17(2)6-9(21)12-10(7-17)23-16-14(15(18)20(22)8-19-16)13(12)11-4-3-5-24-11/h3-5,8,13,18,22H,6-7H2,1-2H3. The average Bonchev–Trinajstić information content (AvgIpc) is 3.02. The predicted molar refractivity (Wildman–Crippen MR) is 87.1 cm³/mol. The monoisotopic (exact) mass is 343 g/mol. The van der Waals surface area contributed by atoms with E-state index in [-0.39, 0.29) is 16.7 Å². The molecule has 7 heteroatoms. The summed E-state index contributed by atoms with van der Waals surface area (Å²) in [4.78, 5) is 18.0. The zero-order valence-electron chi connectivity index (χ0n) is 13.4. The Morgan fingerprint density at radius 3 is 2.96 bits per heavy atom. The summed E-state index contributed by atoms with van der Waals surface area (Å²) >= 11 is 1.52. The van der Waals surface area contributed by atoms with Crippen LogP contribution < -0.4 is 10.2 Å². The van der Waals surface area contributed by atoms with Gasteiger partial charge in [0.1, 0.15) is 12.1 Å². The number of nitrogens with zero attached hydrogens (tertiary/aromatic N) is 2. The van der Waals surface area contributed by atoms with Crippen LogP contribution in [0.1, 0.15) is 43.0 Å². The molecule has 2 aromatic heterocycles. The second-order valence-corrected chi connectivity index (χ2v) is 7.96. The van der Waals surface area contributed by atoms with Crippen LogP contribution in [0.5, 0.6) is 5.88 Å². The van der Waals surface area contributed by atoms with Gasteiger partial charge in [0.2, 0.25) is 5.88 Å². The normalized spacial score (nSPS) is 21.9. The molecule has 1 aliphatic heterocycles. The fraction of sp³-hybridized carbons (Fsp3) is 0.353. The summed E-state index contributed by atoms with van der Waals surface area (Å²) in [6, 6.07) is 3.86. The highest BCUT2D eigenvalue weighted by atomic mass is 32.1. The van der Waals surface area contributed by atoms with Crippen LogP contribution in [0.4, 0.5) is 0 Å². The van der Waals surface area contributed by atoms with Crippen molar-refractivity contribution in [2.75, 3.05) is 0 Å². The van der Waals surface area contributed by atoms with Crippen LogP contribution in [0.2, 0.25) is 0 Å². The van der Waals surface area contributed by atoms with Gasteiger partial charge in [0.15, 0.2) is 11.3 Å². The lowest BCUT2D eigenvalue weighted by molar-refractivity contribution is -0.118. The van der Waals surface area contributed by atoms with Gasteiger partial charge in [-0.15, -0.1) is 11.3 Å². The van der Waals surface area contributed by atoms with E-state index < -0.39 is 5.92 Å². The van der Waals surface area contributed by atoms with E-state index in [0.717, 1.165) is 11.2 Å². The van der Waals surface area contributed by atoms with Crippen LogP contribution in [0.3, 0.4) is 0 Å². The number of allylic oxidation sites excluding steroid dienone is 2. The number of rotatable bonds is 1. The maximum absolute atomic E-state index is 12.9. The summed E-state index contributed by atoms with van der Waals surface area (Å²) < 4.78 is 6.57. The number of fused-ring (bicyclic) bond motifs is 1. The Labute approximate surface area is 142 Å². The van der Waals surface area contributed by atoms with Gasteiger partial charge in [-0.1, -0.05) is 19.9 Å². The van der Waals surface area contributed by atoms with E-state index in [4.69, 9.17) is 10.1 Å². The largest absolute Gasteiger partial charge is 0.442 e. The van der Waals surface area contributed by atoms with Gasteiger partial charge < -0.3 is 9.94 Å². The highest BCUT2D eigenvalue weighted by Crippen LogP contribution is 2.49. The highest BCUT2D eigenvalue weighted by molar-refractivity contribution is 7.10. The van der Waals surface area contributed by atoms with Crippen molar-refractivity contribution < 1.29 is 14.7 Å². The van der Waals surface area contributed by atoms with Crippen molar-refractivity contribution in [3.63, 3.8) is 0 Å². The maximum Gasteiger partial charge on any atom is 0.228 e. The third kappa shape index (κ3) is 2.19. The molecule has 3 heterocycles. The van der Waals surface area contributed by atoms with Crippen LogP contribution in [0.15, 0.2) is 35.2 Å². The Morgan fingerprint density at radius 1 is 1.46 bits per heavy atom. The molecule has 1 unspecified atom stereocenters. The van der Waals surface area contributed by atoms with E-state index in [1.807, 2.05) is 31.4 Å². The smallest absolute Gasteiger partial charge is 0.228 e. The minimum absolute atomic E-state index is 0.0399. The molecule has 0 aromatic carbocycles.